The maximum Gasteiger partial charge on any atom is 0.295 e. The second-order valence-electron chi connectivity index (χ2n) is 4.78. The summed E-state index contributed by atoms with van der Waals surface area (Å²) in [5, 5.41) is 10.8. The Balaban J connectivity index is 2.33. The highest BCUT2D eigenvalue weighted by molar-refractivity contribution is 6.01. The van der Waals surface area contributed by atoms with Gasteiger partial charge >= 0.3 is 0 Å². The van der Waals surface area contributed by atoms with Gasteiger partial charge in [0.2, 0.25) is 0 Å². The lowest BCUT2D eigenvalue weighted by molar-refractivity contribution is -0.384. The molecule has 20 heavy (non-hydrogen) atoms. The number of nitro benzene ring substituents is 1. The summed E-state index contributed by atoms with van der Waals surface area (Å²) in [6, 6.07) is 1.64. The molecule has 1 aliphatic rings. The molecule has 4 N–H and O–H groups in total. The number of likely N-dealkylation sites (tertiary alicyclic amines) is 1. The predicted molar refractivity (Wildman–Crippen MR) is 70.5 cm³/mol. The van der Waals surface area contributed by atoms with Gasteiger partial charge in [-0.05, 0) is 24.9 Å². The SMILES string of the molecule is NCC1CCN(C(=O)c2cc(F)cc([N+](=O)[O-])c2N)C1. The van der Waals surface area contributed by atoms with Gasteiger partial charge in [-0.2, -0.15) is 0 Å². The van der Waals surface area contributed by atoms with E-state index in [1.807, 2.05) is 0 Å². The van der Waals surface area contributed by atoms with Crippen molar-refractivity contribution in [2.45, 2.75) is 6.42 Å². The third kappa shape index (κ3) is 2.55. The van der Waals surface area contributed by atoms with Crippen LogP contribution in [0.25, 0.3) is 0 Å². The molecule has 1 amide bonds. The number of carbonyl (C=O) groups excluding carboxylic acids is 1. The van der Waals surface area contributed by atoms with Crippen LogP contribution in [0, 0.1) is 21.8 Å². The minimum absolute atomic E-state index is 0.172. The van der Waals surface area contributed by atoms with Crippen molar-refractivity contribution >= 4 is 17.3 Å². The smallest absolute Gasteiger partial charge is 0.295 e. The summed E-state index contributed by atoms with van der Waals surface area (Å²) >= 11 is 0. The Morgan fingerprint density at radius 3 is 2.80 bits per heavy atom. The normalized spacial score (nSPS) is 18.3. The van der Waals surface area contributed by atoms with E-state index in [0.29, 0.717) is 25.7 Å². The lowest BCUT2D eigenvalue weighted by Gasteiger charge is -2.17. The van der Waals surface area contributed by atoms with Crippen molar-refractivity contribution in [2.24, 2.45) is 11.7 Å². The number of hydrogen-bond donors (Lipinski definition) is 2. The number of nitrogen functional groups attached to an aromatic ring is 1. The van der Waals surface area contributed by atoms with E-state index in [2.05, 4.69) is 0 Å². The van der Waals surface area contributed by atoms with Crippen molar-refractivity contribution in [1.82, 2.24) is 4.90 Å². The van der Waals surface area contributed by atoms with Gasteiger partial charge in [-0.3, -0.25) is 14.9 Å². The Morgan fingerprint density at radius 2 is 2.25 bits per heavy atom. The van der Waals surface area contributed by atoms with Crippen molar-refractivity contribution in [2.75, 3.05) is 25.4 Å². The maximum atomic E-state index is 13.4. The van der Waals surface area contributed by atoms with Crippen LogP contribution in [0.5, 0.6) is 0 Å². The van der Waals surface area contributed by atoms with E-state index in [1.54, 1.807) is 0 Å². The fourth-order valence-corrected chi connectivity index (χ4v) is 2.31. The third-order valence-corrected chi connectivity index (χ3v) is 3.46. The molecular formula is C12H15FN4O3. The van der Waals surface area contributed by atoms with Crippen molar-refractivity contribution in [3.63, 3.8) is 0 Å². The highest BCUT2D eigenvalue weighted by Crippen LogP contribution is 2.29. The fraction of sp³-hybridized carbons (Fsp3) is 0.417. The van der Waals surface area contributed by atoms with E-state index in [4.69, 9.17) is 11.5 Å². The van der Waals surface area contributed by atoms with Crippen LogP contribution in [-0.2, 0) is 0 Å². The molecule has 0 aromatic heterocycles. The van der Waals surface area contributed by atoms with Gasteiger partial charge in [0, 0.05) is 13.1 Å². The Labute approximate surface area is 114 Å². The number of nitrogens with two attached hydrogens (primary N) is 2. The zero-order valence-corrected chi connectivity index (χ0v) is 10.7. The summed E-state index contributed by atoms with van der Waals surface area (Å²) in [5.41, 5.74) is 10.1. The monoisotopic (exact) mass is 282 g/mol. The number of amides is 1. The van der Waals surface area contributed by atoms with Gasteiger partial charge in [0.25, 0.3) is 11.6 Å². The Hall–Kier alpha value is -2.22. The molecule has 1 unspecified atom stereocenters. The van der Waals surface area contributed by atoms with Crippen molar-refractivity contribution < 1.29 is 14.1 Å². The molecule has 2 rings (SSSR count). The van der Waals surface area contributed by atoms with Crippen molar-refractivity contribution in [3.8, 4) is 0 Å². The second-order valence-corrected chi connectivity index (χ2v) is 4.78. The highest BCUT2D eigenvalue weighted by atomic mass is 19.1. The van der Waals surface area contributed by atoms with Gasteiger partial charge in [-0.15, -0.1) is 0 Å². The molecule has 0 saturated carbocycles. The maximum absolute atomic E-state index is 13.4. The van der Waals surface area contributed by atoms with Crippen LogP contribution >= 0.6 is 0 Å². The number of anilines is 1. The molecule has 7 nitrogen and oxygen atoms in total. The number of rotatable bonds is 3. The van der Waals surface area contributed by atoms with Crippen LogP contribution in [0.2, 0.25) is 0 Å². The largest absolute Gasteiger partial charge is 0.393 e. The van der Waals surface area contributed by atoms with Crippen LogP contribution < -0.4 is 11.5 Å². The number of carbonyl (C=O) groups is 1. The van der Waals surface area contributed by atoms with Gasteiger partial charge < -0.3 is 16.4 Å². The lowest BCUT2D eigenvalue weighted by Crippen LogP contribution is -2.30. The van der Waals surface area contributed by atoms with Gasteiger partial charge in [0.1, 0.15) is 11.5 Å². The first-order chi connectivity index (χ1) is 9.43. The zero-order chi connectivity index (χ0) is 14.9. The molecule has 108 valence electrons. The molecule has 0 aliphatic carbocycles. The molecule has 1 saturated heterocycles. The standard InChI is InChI=1S/C12H15FN4O3/c13-8-3-9(11(15)10(4-8)17(19)20)12(18)16-2-1-7(5-14)6-16/h3-4,7H,1-2,5-6,14-15H2. The average Bonchev–Trinajstić information content (AvgIpc) is 2.88. The molecule has 1 heterocycles. The molecule has 0 spiro atoms. The molecule has 1 atom stereocenters. The summed E-state index contributed by atoms with van der Waals surface area (Å²) in [6.45, 7) is 1.41. The number of nitrogens with zero attached hydrogens (tertiary/aromatic N) is 2. The van der Waals surface area contributed by atoms with Crippen LogP contribution in [0.1, 0.15) is 16.8 Å². The summed E-state index contributed by atoms with van der Waals surface area (Å²) in [6.07, 6.45) is 0.763. The number of halogens is 1. The van der Waals surface area contributed by atoms with Crippen LogP contribution in [-0.4, -0.2) is 35.4 Å². The summed E-state index contributed by atoms with van der Waals surface area (Å²) in [5.74, 6) is -1.16. The number of benzene rings is 1. The molecule has 0 radical (unpaired) electrons. The number of nitro groups is 1. The first-order valence-corrected chi connectivity index (χ1v) is 6.16. The minimum Gasteiger partial charge on any atom is -0.393 e. The fourth-order valence-electron chi connectivity index (χ4n) is 2.31. The highest BCUT2D eigenvalue weighted by Gasteiger charge is 2.29. The molecular weight excluding hydrogens is 267 g/mol. The van der Waals surface area contributed by atoms with E-state index < -0.39 is 22.3 Å². The van der Waals surface area contributed by atoms with Crippen LogP contribution in [0.15, 0.2) is 12.1 Å². The summed E-state index contributed by atoms with van der Waals surface area (Å²) in [7, 11) is 0. The summed E-state index contributed by atoms with van der Waals surface area (Å²) in [4.78, 5) is 23.7. The second kappa shape index (κ2) is 5.41. The lowest BCUT2D eigenvalue weighted by atomic mass is 10.1. The first kappa shape index (κ1) is 14.2. The van der Waals surface area contributed by atoms with Gasteiger partial charge in [-0.1, -0.05) is 0 Å². The van der Waals surface area contributed by atoms with Crippen molar-refractivity contribution in [1.29, 1.82) is 0 Å². The van der Waals surface area contributed by atoms with E-state index in [1.165, 1.54) is 4.90 Å². The number of hydrogen-bond acceptors (Lipinski definition) is 5. The molecule has 1 aromatic carbocycles. The van der Waals surface area contributed by atoms with Crippen LogP contribution in [0.3, 0.4) is 0 Å². The van der Waals surface area contributed by atoms with Gasteiger partial charge in [-0.25, -0.2) is 4.39 Å². The Kier molecular flexibility index (Phi) is 3.84. The molecule has 8 heteroatoms. The van der Waals surface area contributed by atoms with E-state index in [-0.39, 0.29) is 17.2 Å². The van der Waals surface area contributed by atoms with E-state index in [9.17, 15) is 19.3 Å². The van der Waals surface area contributed by atoms with Gasteiger partial charge in [0.05, 0.1) is 16.6 Å². The predicted octanol–water partition coefficient (Wildman–Crippen LogP) is 0.737. The average molecular weight is 282 g/mol. The quantitative estimate of drug-likeness (QED) is 0.482. The molecule has 1 aromatic rings. The van der Waals surface area contributed by atoms with E-state index in [0.717, 1.165) is 12.5 Å². The van der Waals surface area contributed by atoms with Crippen molar-refractivity contribution in [3.05, 3.63) is 33.6 Å². The minimum atomic E-state index is -0.858. The molecule has 1 fully saturated rings. The third-order valence-electron chi connectivity index (χ3n) is 3.46. The Morgan fingerprint density at radius 1 is 1.55 bits per heavy atom. The zero-order valence-electron chi connectivity index (χ0n) is 10.7. The molecule has 0 bridgehead atoms. The van der Waals surface area contributed by atoms with E-state index >= 15 is 0 Å². The molecule has 1 aliphatic heterocycles. The van der Waals surface area contributed by atoms with Gasteiger partial charge in [0.15, 0.2) is 0 Å². The topological polar surface area (TPSA) is 115 Å². The summed E-state index contributed by atoms with van der Waals surface area (Å²) < 4.78 is 13.4. The van der Waals surface area contributed by atoms with Crippen LogP contribution in [0.4, 0.5) is 15.8 Å². The first-order valence-electron chi connectivity index (χ1n) is 6.16. The Bertz CT molecular complexity index is 564.